The number of hydrogen-bond donors (Lipinski definition) is 1. The van der Waals surface area contributed by atoms with E-state index in [1.165, 1.54) is 0 Å². The highest BCUT2D eigenvalue weighted by Crippen LogP contribution is 2.46. The molecular weight excluding hydrogens is 697 g/mol. The topological polar surface area (TPSA) is 96.9 Å². The second-order valence-electron chi connectivity index (χ2n) is 15.0. The van der Waals surface area contributed by atoms with E-state index in [1.54, 1.807) is 14.2 Å². The number of nitrogens with one attached hydrogen (secondary N) is 1. The second-order valence-corrected chi connectivity index (χ2v) is 15.8. The monoisotopic (exact) mass is 739 g/mol. The summed E-state index contributed by atoms with van der Waals surface area (Å²) in [6, 6.07) is 19.9. The number of methoxy groups -OCH3 is 2. The molecule has 0 unspecified atom stereocenters. The van der Waals surface area contributed by atoms with Crippen LogP contribution in [0.3, 0.4) is 0 Å². The Labute approximate surface area is 314 Å². The first-order valence-corrected chi connectivity index (χ1v) is 18.9. The molecule has 0 atom stereocenters. The Bertz CT molecular complexity index is 2040. The number of piperidine rings is 1. The first kappa shape index (κ1) is 35.0. The van der Waals surface area contributed by atoms with E-state index in [4.69, 9.17) is 42.6 Å². The molecule has 4 aromatic rings. The number of ketones is 1. The first-order chi connectivity index (χ1) is 25.2. The maximum atomic E-state index is 11.9. The molecule has 11 heteroatoms. The van der Waals surface area contributed by atoms with Crippen LogP contribution in [0.5, 0.6) is 11.8 Å². The third-order valence-corrected chi connectivity index (χ3v) is 12.4. The number of benzene rings is 2. The average molecular weight is 741 g/mol. The molecule has 3 saturated heterocycles. The lowest BCUT2D eigenvalue weighted by atomic mass is 9.78. The summed E-state index contributed by atoms with van der Waals surface area (Å²) in [6.45, 7) is 5.14. The molecule has 4 aliphatic rings. The fourth-order valence-electron chi connectivity index (χ4n) is 8.76. The van der Waals surface area contributed by atoms with Crippen LogP contribution in [0.25, 0.3) is 33.6 Å². The van der Waals surface area contributed by atoms with E-state index in [0.29, 0.717) is 58.2 Å². The zero-order chi connectivity index (χ0) is 36.0. The van der Waals surface area contributed by atoms with Gasteiger partial charge in [0.15, 0.2) is 0 Å². The maximum absolute atomic E-state index is 11.9. The lowest BCUT2D eigenvalue weighted by Crippen LogP contribution is -2.54. The Morgan fingerprint density at radius 2 is 1.23 bits per heavy atom. The van der Waals surface area contributed by atoms with E-state index in [1.807, 2.05) is 48.5 Å². The highest BCUT2D eigenvalue weighted by Gasteiger charge is 2.47. The number of pyridine rings is 2. The Balaban J connectivity index is 1.00. The highest BCUT2D eigenvalue weighted by molar-refractivity contribution is 6.39. The zero-order valence-corrected chi connectivity index (χ0v) is 31.2. The molecular formula is C41H43Cl2N5O4. The highest BCUT2D eigenvalue weighted by atomic mass is 35.5. The van der Waals surface area contributed by atoms with Crippen molar-refractivity contribution in [2.75, 3.05) is 40.4 Å². The molecule has 2 spiro atoms. The number of carbonyl (C=O) groups is 2. The maximum Gasteiger partial charge on any atom is 0.220 e. The molecule has 1 aliphatic carbocycles. The molecule has 270 valence electrons. The summed E-state index contributed by atoms with van der Waals surface area (Å²) in [4.78, 5) is 38.3. The van der Waals surface area contributed by atoms with Gasteiger partial charge in [-0.1, -0.05) is 71.7 Å². The van der Waals surface area contributed by atoms with E-state index in [0.717, 1.165) is 98.3 Å². The van der Waals surface area contributed by atoms with E-state index in [2.05, 4.69) is 27.2 Å². The summed E-state index contributed by atoms with van der Waals surface area (Å²) < 4.78 is 11.5. The van der Waals surface area contributed by atoms with Gasteiger partial charge >= 0.3 is 0 Å². The van der Waals surface area contributed by atoms with Crippen molar-refractivity contribution in [2.24, 2.45) is 5.41 Å². The van der Waals surface area contributed by atoms with Gasteiger partial charge in [0, 0.05) is 103 Å². The number of hydrogen-bond acceptors (Lipinski definition) is 8. The summed E-state index contributed by atoms with van der Waals surface area (Å²) in [7, 11) is 3.29. The summed E-state index contributed by atoms with van der Waals surface area (Å²) in [5.74, 6) is 1.70. The molecule has 8 rings (SSSR count). The molecule has 5 heterocycles. The van der Waals surface area contributed by atoms with Gasteiger partial charge in [0.2, 0.25) is 17.7 Å². The number of carbonyl (C=O) groups excluding carboxylic acids is 2. The van der Waals surface area contributed by atoms with Crippen molar-refractivity contribution in [3.63, 3.8) is 0 Å². The van der Waals surface area contributed by atoms with Crippen LogP contribution in [0, 0.1) is 5.41 Å². The van der Waals surface area contributed by atoms with Gasteiger partial charge in [-0.3, -0.25) is 19.4 Å². The summed E-state index contributed by atoms with van der Waals surface area (Å²) >= 11 is 14.3. The number of aromatic nitrogens is 2. The lowest BCUT2D eigenvalue weighted by Gasteiger charge is -2.48. The Morgan fingerprint density at radius 1 is 0.692 bits per heavy atom. The molecule has 9 nitrogen and oxygen atoms in total. The van der Waals surface area contributed by atoms with Crippen LogP contribution in [0.15, 0.2) is 60.7 Å². The number of Topliss-reactive ketones (excluding diaryl/α,β-unsaturated/α-hetero) is 1. The molecule has 0 radical (unpaired) electrons. The minimum absolute atomic E-state index is 0.0323. The molecule has 1 saturated carbocycles. The van der Waals surface area contributed by atoms with Gasteiger partial charge in [0.05, 0.1) is 35.7 Å². The Morgan fingerprint density at radius 3 is 1.71 bits per heavy atom. The molecule has 4 fully saturated rings. The van der Waals surface area contributed by atoms with Crippen LogP contribution in [-0.2, 0) is 22.7 Å². The van der Waals surface area contributed by atoms with Crippen LogP contribution in [0.1, 0.15) is 56.1 Å². The van der Waals surface area contributed by atoms with Crippen LogP contribution in [0.2, 0.25) is 10.0 Å². The number of nitrogens with zero attached hydrogens (tertiary/aromatic N) is 4. The Hall–Kier alpha value is -4.02. The van der Waals surface area contributed by atoms with E-state index in [9.17, 15) is 9.59 Å². The number of halogens is 2. The lowest BCUT2D eigenvalue weighted by molar-refractivity contribution is -0.120. The minimum Gasteiger partial charge on any atom is -0.481 e. The van der Waals surface area contributed by atoms with Gasteiger partial charge < -0.3 is 14.8 Å². The van der Waals surface area contributed by atoms with Crippen LogP contribution >= 0.6 is 23.2 Å². The predicted molar refractivity (Wildman–Crippen MR) is 203 cm³/mol. The van der Waals surface area contributed by atoms with Gasteiger partial charge in [-0.2, -0.15) is 0 Å². The minimum atomic E-state index is -0.0323. The molecule has 52 heavy (non-hydrogen) atoms. The molecule has 1 N–H and O–H groups in total. The zero-order valence-electron chi connectivity index (χ0n) is 29.6. The number of amides is 1. The van der Waals surface area contributed by atoms with Gasteiger partial charge in [0.1, 0.15) is 5.78 Å². The van der Waals surface area contributed by atoms with Crippen molar-refractivity contribution < 1.29 is 19.1 Å². The molecule has 0 bridgehead atoms. The van der Waals surface area contributed by atoms with Crippen molar-refractivity contribution in [1.82, 2.24) is 25.1 Å². The Kier molecular flexibility index (Phi) is 9.49. The van der Waals surface area contributed by atoms with Gasteiger partial charge in [-0.25, -0.2) is 9.97 Å². The van der Waals surface area contributed by atoms with Crippen LogP contribution < -0.4 is 14.8 Å². The van der Waals surface area contributed by atoms with Crippen LogP contribution in [0.4, 0.5) is 0 Å². The van der Waals surface area contributed by atoms with E-state index < -0.39 is 0 Å². The second kappa shape index (κ2) is 14.1. The largest absolute Gasteiger partial charge is 0.481 e. The molecule has 2 aromatic heterocycles. The molecule has 1 amide bonds. The summed E-state index contributed by atoms with van der Waals surface area (Å²) in [5, 5.41) is 4.31. The molecule has 2 aromatic carbocycles. The van der Waals surface area contributed by atoms with E-state index in [-0.39, 0.29) is 16.9 Å². The van der Waals surface area contributed by atoms with Crippen molar-refractivity contribution in [3.05, 3.63) is 81.8 Å². The normalized spacial score (nSPS) is 19.6. The van der Waals surface area contributed by atoms with Crippen molar-refractivity contribution >= 4 is 34.9 Å². The fourth-order valence-corrected chi connectivity index (χ4v) is 9.41. The van der Waals surface area contributed by atoms with Gasteiger partial charge in [0.25, 0.3) is 0 Å². The predicted octanol–water partition coefficient (Wildman–Crippen LogP) is 7.60. The van der Waals surface area contributed by atoms with Crippen molar-refractivity contribution in [1.29, 1.82) is 0 Å². The van der Waals surface area contributed by atoms with Gasteiger partial charge in [-0.15, -0.1) is 0 Å². The quantitative estimate of drug-likeness (QED) is 0.188. The van der Waals surface area contributed by atoms with Crippen molar-refractivity contribution in [3.8, 4) is 45.4 Å². The van der Waals surface area contributed by atoms with Gasteiger partial charge in [-0.05, 0) is 37.8 Å². The SMILES string of the molecule is COc1nc(-c2cccc(-c3cccc(-c4ccc(CN5CC6(CCC(=O)C6)C5)c(OC)n4)c3Cl)c2Cl)ccc1CN1CCC2(CCC(=O)N2)CC1. The fraction of sp³-hybridized carbons (Fsp3) is 0.415. The van der Waals surface area contributed by atoms with E-state index >= 15 is 0 Å². The standard InChI is InChI=1S/C41H43Cl2N5O4/c1-51-38-26(22-47-19-17-41(18-20-47)16-14-35(50)46-41)9-11-33(44-38)31-7-3-5-29(36(31)42)30-6-4-8-32(37(30)43)34-12-10-27(39(45-34)52-2)23-48-24-40(25-48)15-13-28(49)21-40/h3-12H,13-25H2,1-2H3,(H,46,50). The smallest absolute Gasteiger partial charge is 0.220 e. The van der Waals surface area contributed by atoms with Crippen LogP contribution in [-0.4, -0.2) is 77.4 Å². The van der Waals surface area contributed by atoms with Crippen molar-refractivity contribution in [2.45, 2.75) is 63.6 Å². The summed E-state index contributed by atoms with van der Waals surface area (Å²) in [5.41, 5.74) is 6.71. The third-order valence-electron chi connectivity index (χ3n) is 11.6. The number of rotatable bonds is 9. The molecule has 3 aliphatic heterocycles. The third kappa shape index (κ3) is 6.68. The average Bonchev–Trinajstić information content (AvgIpc) is 3.71. The number of ether oxygens (including phenoxy) is 2. The number of likely N-dealkylation sites (tertiary alicyclic amines) is 2. The first-order valence-electron chi connectivity index (χ1n) is 18.1. The summed E-state index contributed by atoms with van der Waals surface area (Å²) in [6.07, 6.45) is 5.90.